The Kier molecular flexibility index (Phi) is 6.23. The normalized spacial score (nSPS) is 24.0. The highest BCUT2D eigenvalue weighted by molar-refractivity contribution is 7.99. The molecule has 28 heavy (non-hydrogen) atoms. The van der Waals surface area contributed by atoms with Gasteiger partial charge in [0.05, 0.1) is 17.1 Å². The minimum Gasteiger partial charge on any atom is -0.396 e. The number of aromatic nitrogens is 2. The summed E-state index contributed by atoms with van der Waals surface area (Å²) < 4.78 is 2.04. The fraction of sp³-hybridized carbons (Fsp3) is 0.619. The highest BCUT2D eigenvalue weighted by atomic mass is 32.2. The van der Waals surface area contributed by atoms with Crippen LogP contribution in [0.15, 0.2) is 29.4 Å². The topological polar surface area (TPSA) is 78.6 Å². The van der Waals surface area contributed by atoms with Crippen molar-refractivity contribution in [3.05, 3.63) is 24.3 Å². The predicted octanol–water partition coefficient (Wildman–Crippen LogP) is 2.66. The molecule has 2 heterocycles. The quantitative estimate of drug-likeness (QED) is 0.802. The molecule has 0 unspecified atom stereocenters. The van der Waals surface area contributed by atoms with E-state index in [1.54, 1.807) is 4.90 Å². The van der Waals surface area contributed by atoms with Crippen LogP contribution in [0.1, 0.15) is 38.5 Å². The van der Waals surface area contributed by atoms with Crippen LogP contribution < -0.4 is 0 Å². The first-order valence-corrected chi connectivity index (χ1v) is 11.2. The summed E-state index contributed by atoms with van der Waals surface area (Å²) in [4.78, 5) is 19.5. The van der Waals surface area contributed by atoms with Crippen molar-refractivity contribution in [3.8, 4) is 0 Å². The van der Waals surface area contributed by atoms with E-state index >= 15 is 0 Å². The van der Waals surface area contributed by atoms with Crippen molar-refractivity contribution < 1.29 is 15.0 Å². The third-order valence-corrected chi connectivity index (χ3v) is 7.37. The van der Waals surface area contributed by atoms with Crippen LogP contribution >= 0.6 is 11.8 Å². The van der Waals surface area contributed by atoms with E-state index in [-0.39, 0.29) is 25.0 Å². The van der Waals surface area contributed by atoms with Gasteiger partial charge in [-0.05, 0) is 31.4 Å². The molecule has 0 spiro atoms. The molecule has 7 heteroatoms. The third-order valence-electron chi connectivity index (χ3n) is 6.05. The second kappa shape index (κ2) is 8.84. The molecule has 2 N–H and O–H groups in total. The molecule has 1 saturated heterocycles. The lowest BCUT2D eigenvalue weighted by molar-refractivity contribution is -0.137. The first kappa shape index (κ1) is 19.7. The molecule has 2 atom stereocenters. The molecular formula is C21H29N3O3S. The Bertz CT molecular complexity index is 818. The molecule has 1 amide bonds. The maximum absolute atomic E-state index is 13.0. The van der Waals surface area contributed by atoms with Crippen LogP contribution in [0.3, 0.4) is 0 Å². The maximum Gasteiger partial charge on any atom is 0.242 e. The molecule has 1 aromatic heterocycles. The van der Waals surface area contributed by atoms with E-state index in [9.17, 15) is 15.0 Å². The number of fused-ring (bicyclic) bond motifs is 1. The van der Waals surface area contributed by atoms with Crippen molar-refractivity contribution in [2.24, 2.45) is 5.92 Å². The molecule has 2 fully saturated rings. The van der Waals surface area contributed by atoms with Gasteiger partial charge in [0.2, 0.25) is 5.91 Å². The number of β-amino-alcohol motifs (C(OH)–C–C–N with tert-alkyl or cyclic N) is 1. The van der Waals surface area contributed by atoms with Gasteiger partial charge in [0.15, 0.2) is 5.16 Å². The second-order valence-electron chi connectivity index (χ2n) is 7.99. The Morgan fingerprint density at radius 1 is 1.18 bits per heavy atom. The number of likely N-dealkylation sites (tertiary alicyclic amines) is 1. The van der Waals surface area contributed by atoms with Gasteiger partial charge >= 0.3 is 0 Å². The van der Waals surface area contributed by atoms with Gasteiger partial charge in [-0.2, -0.15) is 0 Å². The molecule has 0 bridgehead atoms. The van der Waals surface area contributed by atoms with Crippen molar-refractivity contribution in [2.75, 3.05) is 19.7 Å². The molecular weight excluding hydrogens is 374 g/mol. The summed E-state index contributed by atoms with van der Waals surface area (Å²) in [5.41, 5.74) is 1.91. The summed E-state index contributed by atoms with van der Waals surface area (Å²) in [5, 5.41) is 21.0. The van der Waals surface area contributed by atoms with Gasteiger partial charge in [0, 0.05) is 30.9 Å². The van der Waals surface area contributed by atoms with Gasteiger partial charge in [0.1, 0.15) is 6.54 Å². The van der Waals surface area contributed by atoms with Gasteiger partial charge in [-0.1, -0.05) is 43.2 Å². The highest BCUT2D eigenvalue weighted by Gasteiger charge is 2.30. The Morgan fingerprint density at radius 2 is 1.96 bits per heavy atom. The van der Waals surface area contributed by atoms with Gasteiger partial charge in [-0.25, -0.2) is 4.98 Å². The van der Waals surface area contributed by atoms with E-state index in [1.807, 2.05) is 40.6 Å². The molecule has 4 rings (SSSR count). The summed E-state index contributed by atoms with van der Waals surface area (Å²) in [6.07, 6.45) is 6.27. The lowest BCUT2D eigenvalue weighted by Crippen LogP contribution is -2.48. The number of carbonyl (C=O) groups excluding carboxylic acids is 1. The minimum absolute atomic E-state index is 0.00378. The van der Waals surface area contributed by atoms with Crippen molar-refractivity contribution >= 4 is 28.7 Å². The zero-order chi connectivity index (χ0) is 19.5. The molecule has 6 nitrogen and oxygen atoms in total. The number of hydrogen-bond donors (Lipinski definition) is 2. The zero-order valence-corrected chi connectivity index (χ0v) is 17.0. The zero-order valence-electron chi connectivity index (χ0n) is 16.2. The molecule has 2 aliphatic rings. The lowest BCUT2D eigenvalue weighted by atomic mass is 9.95. The number of hydrogen-bond acceptors (Lipinski definition) is 5. The van der Waals surface area contributed by atoms with Crippen molar-refractivity contribution in [2.45, 2.75) is 61.6 Å². The Hall–Kier alpha value is -1.57. The van der Waals surface area contributed by atoms with E-state index < -0.39 is 6.10 Å². The molecule has 2 aromatic rings. The number of piperidine rings is 1. The smallest absolute Gasteiger partial charge is 0.242 e. The average Bonchev–Trinajstić information content (AvgIpc) is 3.05. The van der Waals surface area contributed by atoms with Crippen molar-refractivity contribution in [1.82, 2.24) is 14.5 Å². The Labute approximate surface area is 169 Å². The molecule has 152 valence electrons. The van der Waals surface area contributed by atoms with Crippen LogP contribution in [0.4, 0.5) is 0 Å². The Morgan fingerprint density at radius 3 is 2.71 bits per heavy atom. The van der Waals surface area contributed by atoms with E-state index in [0.717, 1.165) is 16.2 Å². The summed E-state index contributed by atoms with van der Waals surface area (Å²) in [6.45, 7) is 1.09. The van der Waals surface area contributed by atoms with Gasteiger partial charge in [0.25, 0.3) is 0 Å². The van der Waals surface area contributed by atoms with Crippen molar-refractivity contribution in [1.29, 1.82) is 0 Å². The van der Waals surface area contributed by atoms with Crippen LogP contribution in [0.2, 0.25) is 0 Å². The van der Waals surface area contributed by atoms with E-state index in [4.69, 9.17) is 4.98 Å². The van der Waals surface area contributed by atoms with E-state index in [1.165, 1.54) is 32.1 Å². The minimum atomic E-state index is -0.654. The van der Waals surface area contributed by atoms with Crippen LogP contribution in [-0.4, -0.2) is 61.6 Å². The summed E-state index contributed by atoms with van der Waals surface area (Å²) in [5.74, 6) is -0.125. The van der Waals surface area contributed by atoms with Gasteiger partial charge in [-0.3, -0.25) is 4.79 Å². The number of thioether (sulfide) groups is 1. The molecule has 0 radical (unpaired) electrons. The highest BCUT2D eigenvalue weighted by Crippen LogP contribution is 2.35. The number of benzene rings is 1. The number of carbonyl (C=O) groups is 1. The molecule has 1 saturated carbocycles. The van der Waals surface area contributed by atoms with Crippen LogP contribution in [0.5, 0.6) is 0 Å². The van der Waals surface area contributed by atoms with Gasteiger partial charge in [-0.15, -0.1) is 0 Å². The first-order valence-electron chi connectivity index (χ1n) is 10.3. The number of para-hydroxylation sites is 2. The van der Waals surface area contributed by atoms with Crippen LogP contribution in [-0.2, 0) is 11.3 Å². The van der Waals surface area contributed by atoms with Crippen LogP contribution in [0, 0.1) is 5.92 Å². The summed E-state index contributed by atoms with van der Waals surface area (Å²) >= 11 is 1.81. The SMILES string of the molecule is O=C(Cn1c(SC2CCCCC2)nc2ccccc21)N1CC[C@H](CO)[C@H](O)C1. The standard InChI is InChI=1S/C21H29N3O3S/c25-14-15-10-11-23(12-19(15)26)20(27)13-24-18-9-5-4-8-17(18)22-21(24)28-16-6-2-1-3-7-16/h4-5,8-9,15-16,19,25-26H,1-3,6-7,10-14H2/t15-,19-/m1/s1. The number of nitrogens with zero attached hydrogens (tertiary/aromatic N) is 3. The molecule has 1 aliphatic heterocycles. The fourth-order valence-electron chi connectivity index (χ4n) is 4.28. The predicted molar refractivity (Wildman–Crippen MR) is 110 cm³/mol. The largest absolute Gasteiger partial charge is 0.396 e. The number of imidazole rings is 1. The number of aliphatic hydroxyl groups is 2. The fourth-order valence-corrected chi connectivity index (χ4v) is 5.59. The van der Waals surface area contributed by atoms with Crippen molar-refractivity contribution in [3.63, 3.8) is 0 Å². The average molecular weight is 404 g/mol. The molecule has 1 aromatic carbocycles. The maximum atomic E-state index is 13.0. The Balaban J connectivity index is 1.53. The third kappa shape index (κ3) is 4.21. The number of rotatable bonds is 5. The second-order valence-corrected chi connectivity index (χ2v) is 9.25. The van der Waals surface area contributed by atoms with Crippen LogP contribution in [0.25, 0.3) is 11.0 Å². The van der Waals surface area contributed by atoms with E-state index in [2.05, 4.69) is 0 Å². The summed E-state index contributed by atoms with van der Waals surface area (Å²) in [7, 11) is 0. The molecule has 1 aliphatic carbocycles. The number of aliphatic hydroxyl groups excluding tert-OH is 2. The van der Waals surface area contributed by atoms with Gasteiger partial charge < -0.3 is 19.7 Å². The summed E-state index contributed by atoms with van der Waals surface area (Å²) in [6, 6.07) is 7.98. The first-order chi connectivity index (χ1) is 13.7. The lowest BCUT2D eigenvalue weighted by Gasteiger charge is -2.35. The number of amides is 1. The van der Waals surface area contributed by atoms with E-state index in [0.29, 0.717) is 24.8 Å². The monoisotopic (exact) mass is 403 g/mol.